The Morgan fingerprint density at radius 1 is 0.833 bits per heavy atom. The molecule has 2 aromatic heterocycles. The van der Waals surface area contributed by atoms with Crippen molar-refractivity contribution in [1.29, 1.82) is 0 Å². The molecule has 2 heterocycles. The molecule has 5 heteroatoms. The van der Waals surface area contributed by atoms with Crippen LogP contribution in [0.3, 0.4) is 0 Å². The zero-order chi connectivity index (χ0) is 21.1. The first kappa shape index (κ1) is 20.0. The lowest BCUT2D eigenvalue weighted by Gasteiger charge is -2.15. The highest BCUT2D eigenvalue weighted by molar-refractivity contribution is 5.88. The van der Waals surface area contributed by atoms with Crippen LogP contribution in [0.15, 0.2) is 54.7 Å². The minimum absolute atomic E-state index is 0.588. The Morgan fingerprint density at radius 3 is 2.37 bits per heavy atom. The molecule has 154 valence electrons. The second-order valence-electron chi connectivity index (χ2n) is 7.69. The minimum Gasteiger partial charge on any atom is -0.493 e. The van der Waals surface area contributed by atoms with Crippen LogP contribution in [0, 0.1) is 5.92 Å². The summed E-state index contributed by atoms with van der Waals surface area (Å²) in [6, 6.07) is 15.8. The molecule has 0 aliphatic heterocycles. The van der Waals surface area contributed by atoms with Crippen LogP contribution in [0.2, 0.25) is 0 Å². The van der Waals surface area contributed by atoms with Crippen LogP contribution < -0.4 is 14.2 Å². The third kappa shape index (κ3) is 4.01. The summed E-state index contributed by atoms with van der Waals surface area (Å²) in [5.41, 5.74) is 2.73. The van der Waals surface area contributed by atoms with E-state index < -0.39 is 0 Å². The Bertz CT molecular complexity index is 1190. The number of hydrogen-bond donors (Lipinski definition) is 0. The zero-order valence-corrected chi connectivity index (χ0v) is 17.8. The number of ether oxygens (including phenoxy) is 3. The van der Waals surface area contributed by atoms with Gasteiger partial charge in [0.1, 0.15) is 11.5 Å². The van der Waals surface area contributed by atoms with Crippen molar-refractivity contribution in [2.75, 3.05) is 14.2 Å². The van der Waals surface area contributed by atoms with Crippen molar-refractivity contribution in [3.8, 4) is 23.0 Å². The molecule has 0 amide bonds. The lowest BCUT2D eigenvalue weighted by atomic mass is 10.0. The van der Waals surface area contributed by atoms with Gasteiger partial charge in [0.25, 0.3) is 0 Å². The summed E-state index contributed by atoms with van der Waals surface area (Å²) in [6.45, 7) is 4.44. The summed E-state index contributed by atoms with van der Waals surface area (Å²) < 4.78 is 17.3. The molecule has 0 spiro atoms. The van der Waals surface area contributed by atoms with E-state index in [1.54, 1.807) is 20.4 Å². The number of aryl methyl sites for hydroxylation is 1. The second kappa shape index (κ2) is 8.57. The molecule has 0 fully saturated rings. The van der Waals surface area contributed by atoms with Gasteiger partial charge in [0.2, 0.25) is 0 Å². The third-order valence-electron chi connectivity index (χ3n) is 5.15. The number of benzene rings is 2. The molecule has 0 unspecified atom stereocenters. The lowest BCUT2D eigenvalue weighted by Crippen LogP contribution is -2.00. The van der Waals surface area contributed by atoms with E-state index in [0.717, 1.165) is 46.1 Å². The number of pyridine rings is 2. The first-order valence-electron chi connectivity index (χ1n) is 10.2. The summed E-state index contributed by atoms with van der Waals surface area (Å²) in [5.74, 6) is 3.35. The molecule has 4 aromatic rings. The van der Waals surface area contributed by atoms with E-state index in [-0.39, 0.29) is 0 Å². The smallest absolute Gasteiger partial charge is 0.162 e. The molecule has 0 atom stereocenters. The van der Waals surface area contributed by atoms with Gasteiger partial charge in [-0.3, -0.25) is 4.98 Å². The Balaban J connectivity index is 1.81. The first-order chi connectivity index (χ1) is 14.6. The van der Waals surface area contributed by atoms with Crippen LogP contribution in [0.5, 0.6) is 23.0 Å². The Morgan fingerprint density at radius 2 is 1.60 bits per heavy atom. The van der Waals surface area contributed by atoms with Gasteiger partial charge >= 0.3 is 0 Å². The van der Waals surface area contributed by atoms with Gasteiger partial charge in [-0.2, -0.15) is 0 Å². The van der Waals surface area contributed by atoms with E-state index in [2.05, 4.69) is 31.0 Å². The van der Waals surface area contributed by atoms with Crippen molar-refractivity contribution in [1.82, 2.24) is 9.97 Å². The van der Waals surface area contributed by atoms with Gasteiger partial charge in [0.15, 0.2) is 11.5 Å². The average molecular weight is 402 g/mol. The van der Waals surface area contributed by atoms with E-state index in [4.69, 9.17) is 19.2 Å². The fraction of sp³-hybridized carbons (Fsp3) is 0.280. The molecule has 2 aromatic carbocycles. The van der Waals surface area contributed by atoms with Crippen molar-refractivity contribution in [3.63, 3.8) is 0 Å². The van der Waals surface area contributed by atoms with Crippen molar-refractivity contribution >= 4 is 21.8 Å². The summed E-state index contributed by atoms with van der Waals surface area (Å²) in [6.07, 6.45) is 3.65. The Hall–Kier alpha value is -3.34. The normalized spacial score (nSPS) is 11.2. The fourth-order valence-corrected chi connectivity index (χ4v) is 3.48. The summed E-state index contributed by atoms with van der Waals surface area (Å²) in [7, 11) is 3.24. The Kier molecular flexibility index (Phi) is 5.70. The average Bonchev–Trinajstić information content (AvgIpc) is 2.76. The highest BCUT2D eigenvalue weighted by atomic mass is 16.5. The van der Waals surface area contributed by atoms with Crippen LogP contribution in [0.1, 0.15) is 26.0 Å². The van der Waals surface area contributed by atoms with Gasteiger partial charge in [-0.25, -0.2) is 4.98 Å². The highest BCUT2D eigenvalue weighted by Gasteiger charge is 2.14. The van der Waals surface area contributed by atoms with Gasteiger partial charge in [0, 0.05) is 23.0 Å². The summed E-state index contributed by atoms with van der Waals surface area (Å²) in [4.78, 5) is 9.37. The molecule has 4 rings (SSSR count). The molecule has 0 N–H and O–H groups in total. The number of rotatable bonds is 7. The quantitative estimate of drug-likeness (QED) is 0.369. The maximum absolute atomic E-state index is 6.44. The predicted octanol–water partition coefficient (Wildman–Crippen LogP) is 6.18. The molecule has 0 saturated heterocycles. The Labute approximate surface area is 176 Å². The summed E-state index contributed by atoms with van der Waals surface area (Å²) in [5, 5.41) is 1.91. The van der Waals surface area contributed by atoms with Gasteiger partial charge in [-0.05, 0) is 43.0 Å². The van der Waals surface area contributed by atoms with Gasteiger partial charge < -0.3 is 14.2 Å². The predicted molar refractivity (Wildman–Crippen MR) is 120 cm³/mol. The molecule has 0 aliphatic carbocycles. The van der Waals surface area contributed by atoms with Crippen LogP contribution in [0.4, 0.5) is 0 Å². The highest BCUT2D eigenvalue weighted by Crippen LogP contribution is 2.38. The maximum atomic E-state index is 6.44. The zero-order valence-electron chi connectivity index (χ0n) is 17.8. The van der Waals surface area contributed by atoms with Crippen LogP contribution in [-0.2, 0) is 6.42 Å². The monoisotopic (exact) mass is 402 g/mol. The van der Waals surface area contributed by atoms with Crippen molar-refractivity contribution in [2.24, 2.45) is 5.92 Å². The van der Waals surface area contributed by atoms with E-state index in [1.807, 2.05) is 36.4 Å². The van der Waals surface area contributed by atoms with E-state index in [9.17, 15) is 0 Å². The molecular weight excluding hydrogens is 376 g/mol. The second-order valence-corrected chi connectivity index (χ2v) is 7.69. The SMILES string of the molecule is COc1cc2nccc(Oc3cc4ccccc4nc3CCC(C)C)c2cc1OC. The molecule has 0 aliphatic rings. The largest absolute Gasteiger partial charge is 0.493 e. The number of hydrogen-bond acceptors (Lipinski definition) is 5. The van der Waals surface area contributed by atoms with Gasteiger partial charge in [-0.15, -0.1) is 0 Å². The summed E-state index contributed by atoms with van der Waals surface area (Å²) >= 11 is 0. The lowest BCUT2D eigenvalue weighted by molar-refractivity contribution is 0.355. The molecule has 5 nitrogen and oxygen atoms in total. The molecule has 0 bridgehead atoms. The van der Waals surface area contributed by atoms with E-state index >= 15 is 0 Å². The molecule has 0 saturated carbocycles. The van der Waals surface area contributed by atoms with Crippen molar-refractivity contribution in [3.05, 3.63) is 60.4 Å². The molecular formula is C25H26N2O3. The number of para-hydroxylation sites is 1. The van der Waals surface area contributed by atoms with Gasteiger partial charge in [-0.1, -0.05) is 32.0 Å². The van der Waals surface area contributed by atoms with Crippen molar-refractivity contribution in [2.45, 2.75) is 26.7 Å². The maximum Gasteiger partial charge on any atom is 0.162 e. The number of nitrogens with zero attached hydrogens (tertiary/aromatic N) is 2. The van der Waals surface area contributed by atoms with Gasteiger partial charge in [0.05, 0.1) is 30.9 Å². The third-order valence-corrected chi connectivity index (χ3v) is 5.15. The topological polar surface area (TPSA) is 53.5 Å². The van der Waals surface area contributed by atoms with Crippen LogP contribution in [-0.4, -0.2) is 24.2 Å². The number of aromatic nitrogens is 2. The minimum atomic E-state index is 0.588. The number of methoxy groups -OCH3 is 2. The standard InChI is InChI=1S/C25H26N2O3/c1-16(2)9-10-20-23(13-17-7-5-6-8-19(17)27-20)30-22-11-12-26-21-15-25(29-4)24(28-3)14-18(21)22/h5-8,11-16H,9-10H2,1-4H3. The van der Waals surface area contributed by atoms with E-state index in [1.165, 1.54) is 0 Å². The van der Waals surface area contributed by atoms with E-state index in [0.29, 0.717) is 23.2 Å². The molecule has 0 radical (unpaired) electrons. The van der Waals surface area contributed by atoms with Crippen molar-refractivity contribution < 1.29 is 14.2 Å². The van der Waals surface area contributed by atoms with Crippen LogP contribution in [0.25, 0.3) is 21.8 Å². The first-order valence-corrected chi connectivity index (χ1v) is 10.2. The fourth-order valence-electron chi connectivity index (χ4n) is 3.48. The molecule has 30 heavy (non-hydrogen) atoms. The number of fused-ring (bicyclic) bond motifs is 2. The van der Waals surface area contributed by atoms with Crippen LogP contribution >= 0.6 is 0 Å².